The number of nitrogens with zero attached hydrogens (tertiary/aromatic N) is 3. The molecule has 0 saturated carbocycles. The molecule has 0 bridgehead atoms. The van der Waals surface area contributed by atoms with Crippen LogP contribution in [-0.2, 0) is 12.8 Å². The summed E-state index contributed by atoms with van der Waals surface area (Å²) in [7, 11) is 1.65. The average Bonchev–Trinajstić information content (AvgIpc) is 2.68. The predicted molar refractivity (Wildman–Crippen MR) is 113 cm³/mol. The van der Waals surface area contributed by atoms with Gasteiger partial charge in [-0.2, -0.15) is 10.5 Å². The van der Waals surface area contributed by atoms with Crippen molar-refractivity contribution in [1.29, 1.82) is 0 Å². The van der Waals surface area contributed by atoms with Gasteiger partial charge in [0.05, 0.1) is 6.20 Å². The van der Waals surface area contributed by atoms with Gasteiger partial charge in [0.1, 0.15) is 17.3 Å². The molecule has 0 aliphatic carbocycles. The number of benzene rings is 1. The predicted octanol–water partition coefficient (Wildman–Crippen LogP) is 4.44. The lowest BCUT2D eigenvalue weighted by Gasteiger charge is -2.14. The van der Waals surface area contributed by atoms with Gasteiger partial charge in [0.25, 0.3) is 5.56 Å². The fraction of sp³-hybridized carbons (Fsp3) is 0.238. The summed E-state index contributed by atoms with van der Waals surface area (Å²) in [4.78, 5) is 21.0. The molecular formula is C21H21F2N3O2S. The smallest absolute Gasteiger partial charge is 0.253 e. The van der Waals surface area contributed by atoms with E-state index in [2.05, 4.69) is 21.6 Å². The van der Waals surface area contributed by atoms with Crippen molar-refractivity contribution < 1.29 is 13.5 Å². The van der Waals surface area contributed by atoms with Crippen LogP contribution in [0.2, 0.25) is 0 Å². The second-order valence-electron chi connectivity index (χ2n) is 6.57. The van der Waals surface area contributed by atoms with Gasteiger partial charge in [-0.1, -0.05) is 5.37 Å². The molecule has 0 amide bonds. The molecule has 3 rings (SSSR count). The minimum Gasteiger partial charge on any atom is -0.450 e. The molecule has 5 nitrogen and oxygen atoms in total. The summed E-state index contributed by atoms with van der Waals surface area (Å²) < 4.78 is 34.4. The van der Waals surface area contributed by atoms with Crippen LogP contribution in [0.15, 0.2) is 41.5 Å². The monoisotopic (exact) mass is 417 g/mol. The first-order valence-electron chi connectivity index (χ1n) is 8.85. The zero-order valence-electron chi connectivity index (χ0n) is 16.6. The standard InChI is InChI=1S/C21H21F2N3O2S/c1-5-29(4)12-19-24-10-18(28-17-7-6-15(22)9-16(17)23)20(25-19)14-8-13(2)21(27)26(3)11-14/h5-11H,12H2,1-4H3. The first-order chi connectivity index (χ1) is 13.8. The maximum Gasteiger partial charge on any atom is 0.253 e. The van der Waals surface area contributed by atoms with Gasteiger partial charge in [-0.05, 0) is 38.3 Å². The van der Waals surface area contributed by atoms with E-state index in [1.165, 1.54) is 16.8 Å². The SMILES string of the molecule is C/C=S(/C)Cc1ncc(Oc2ccc(F)cc2F)c(-c2cc(C)c(=O)n(C)c2)n1. The molecule has 0 aliphatic rings. The highest BCUT2D eigenvalue weighted by atomic mass is 32.2. The first-order valence-corrected chi connectivity index (χ1v) is 10.7. The highest BCUT2D eigenvalue weighted by molar-refractivity contribution is 8.13. The number of halogens is 2. The Morgan fingerprint density at radius 3 is 2.66 bits per heavy atom. The molecular weight excluding hydrogens is 396 g/mol. The molecule has 152 valence electrons. The summed E-state index contributed by atoms with van der Waals surface area (Å²) in [5.41, 5.74) is 1.50. The Morgan fingerprint density at radius 2 is 2.00 bits per heavy atom. The van der Waals surface area contributed by atoms with Crippen LogP contribution in [0.1, 0.15) is 18.3 Å². The lowest BCUT2D eigenvalue weighted by molar-refractivity contribution is 0.435. The first kappa shape index (κ1) is 20.9. The molecule has 29 heavy (non-hydrogen) atoms. The third-order valence-corrected chi connectivity index (χ3v) is 5.83. The molecule has 0 saturated heterocycles. The van der Waals surface area contributed by atoms with E-state index in [9.17, 15) is 13.6 Å². The van der Waals surface area contributed by atoms with Crippen molar-refractivity contribution in [3.05, 3.63) is 70.0 Å². The van der Waals surface area contributed by atoms with Crippen LogP contribution >= 0.6 is 10.5 Å². The van der Waals surface area contributed by atoms with Crippen LogP contribution in [0.5, 0.6) is 11.5 Å². The molecule has 2 heterocycles. The lowest BCUT2D eigenvalue weighted by atomic mass is 10.1. The molecule has 1 unspecified atom stereocenters. The Labute approximate surface area is 170 Å². The summed E-state index contributed by atoms with van der Waals surface area (Å²) >= 11 is 0. The molecule has 0 spiro atoms. The van der Waals surface area contributed by atoms with Crippen molar-refractivity contribution in [3.8, 4) is 22.8 Å². The van der Waals surface area contributed by atoms with Gasteiger partial charge in [-0.25, -0.2) is 18.7 Å². The van der Waals surface area contributed by atoms with Gasteiger partial charge in [0.2, 0.25) is 0 Å². The quantitative estimate of drug-likeness (QED) is 0.576. The van der Waals surface area contributed by atoms with Crippen LogP contribution in [0, 0.1) is 18.6 Å². The van der Waals surface area contributed by atoms with Gasteiger partial charge in [0, 0.05) is 36.2 Å². The minimum atomic E-state index is -0.827. The van der Waals surface area contributed by atoms with E-state index in [0.29, 0.717) is 28.4 Å². The molecule has 3 aromatic rings. The van der Waals surface area contributed by atoms with Gasteiger partial charge < -0.3 is 9.30 Å². The third kappa shape index (κ3) is 4.76. The largest absolute Gasteiger partial charge is 0.450 e. The van der Waals surface area contributed by atoms with Crippen LogP contribution in [0.25, 0.3) is 11.3 Å². The molecule has 0 fully saturated rings. The van der Waals surface area contributed by atoms with E-state index in [-0.39, 0.29) is 27.5 Å². The molecule has 0 radical (unpaired) electrons. The van der Waals surface area contributed by atoms with Gasteiger partial charge in [-0.3, -0.25) is 4.79 Å². The Balaban J connectivity index is 2.13. The number of hydrogen-bond acceptors (Lipinski definition) is 4. The van der Waals surface area contributed by atoms with Crippen LogP contribution in [0.3, 0.4) is 0 Å². The van der Waals surface area contributed by atoms with E-state index >= 15 is 0 Å². The summed E-state index contributed by atoms with van der Waals surface area (Å²) in [6.07, 6.45) is 5.21. The van der Waals surface area contributed by atoms with E-state index < -0.39 is 11.6 Å². The second kappa shape index (κ2) is 8.65. The number of rotatable bonds is 5. The summed E-state index contributed by atoms with van der Waals surface area (Å²) in [5.74, 6) is -0.174. The maximum atomic E-state index is 14.1. The number of aryl methyl sites for hydroxylation is 2. The second-order valence-corrected chi connectivity index (χ2v) is 8.72. The topological polar surface area (TPSA) is 57.0 Å². The zero-order chi connectivity index (χ0) is 21.1. The van der Waals surface area contributed by atoms with Crippen molar-refractivity contribution in [3.63, 3.8) is 0 Å². The average molecular weight is 417 g/mol. The van der Waals surface area contributed by atoms with E-state index in [1.54, 1.807) is 26.2 Å². The van der Waals surface area contributed by atoms with Crippen LogP contribution in [0.4, 0.5) is 8.78 Å². The Kier molecular flexibility index (Phi) is 6.22. The lowest BCUT2D eigenvalue weighted by Crippen LogP contribution is -2.18. The van der Waals surface area contributed by atoms with Crippen molar-refractivity contribution in [2.45, 2.75) is 19.6 Å². The van der Waals surface area contributed by atoms with Crippen molar-refractivity contribution in [2.75, 3.05) is 6.26 Å². The van der Waals surface area contributed by atoms with Crippen molar-refractivity contribution in [1.82, 2.24) is 14.5 Å². The number of pyridine rings is 1. The number of aromatic nitrogens is 3. The molecule has 0 N–H and O–H groups in total. The fourth-order valence-electron chi connectivity index (χ4n) is 2.73. The van der Waals surface area contributed by atoms with E-state index in [1.807, 2.05) is 6.92 Å². The van der Waals surface area contributed by atoms with E-state index in [4.69, 9.17) is 4.74 Å². The highest BCUT2D eigenvalue weighted by Crippen LogP contribution is 2.33. The van der Waals surface area contributed by atoms with Crippen LogP contribution < -0.4 is 10.3 Å². The summed E-state index contributed by atoms with van der Waals surface area (Å²) in [5, 5.41) is 2.08. The molecule has 1 atom stereocenters. The summed E-state index contributed by atoms with van der Waals surface area (Å²) in [6, 6.07) is 4.79. The highest BCUT2D eigenvalue weighted by Gasteiger charge is 2.16. The number of ether oxygens (including phenoxy) is 1. The Morgan fingerprint density at radius 1 is 1.24 bits per heavy atom. The zero-order valence-corrected chi connectivity index (χ0v) is 17.4. The fourth-order valence-corrected chi connectivity index (χ4v) is 3.44. The van der Waals surface area contributed by atoms with Crippen molar-refractivity contribution in [2.24, 2.45) is 7.05 Å². The number of hydrogen-bond donors (Lipinski definition) is 0. The van der Waals surface area contributed by atoms with Crippen molar-refractivity contribution >= 4 is 15.9 Å². The minimum absolute atomic E-state index is 0.00362. The normalized spacial score (nSPS) is 12.2. The Bertz CT molecular complexity index is 1130. The third-order valence-electron chi connectivity index (χ3n) is 4.31. The molecule has 0 aliphatic heterocycles. The maximum absolute atomic E-state index is 14.1. The Hall–Kier alpha value is -2.87. The summed E-state index contributed by atoms with van der Waals surface area (Å²) in [6.45, 7) is 3.69. The van der Waals surface area contributed by atoms with Gasteiger partial charge in [-0.15, -0.1) is 0 Å². The van der Waals surface area contributed by atoms with Crippen LogP contribution in [-0.4, -0.2) is 26.2 Å². The molecule has 2 aromatic heterocycles. The van der Waals surface area contributed by atoms with E-state index in [0.717, 1.165) is 12.1 Å². The molecule has 8 heteroatoms. The molecule has 1 aromatic carbocycles. The van der Waals surface area contributed by atoms with Gasteiger partial charge >= 0.3 is 0 Å². The van der Waals surface area contributed by atoms with Gasteiger partial charge in [0.15, 0.2) is 17.3 Å².